The maximum atomic E-state index is 11.2. The fraction of sp³-hybridized carbons (Fsp3) is 0.875. The molecule has 12 heavy (non-hydrogen) atoms. The number of hydrogen-bond donors (Lipinski definition) is 2. The summed E-state index contributed by atoms with van der Waals surface area (Å²) in [6.07, 6.45) is 3.98. The highest BCUT2D eigenvalue weighted by Crippen LogP contribution is 2.26. The van der Waals surface area contributed by atoms with Crippen molar-refractivity contribution in [2.45, 2.75) is 31.8 Å². The average molecular weight is 189 g/mol. The van der Waals surface area contributed by atoms with Gasteiger partial charge >= 0.3 is 0 Å². The van der Waals surface area contributed by atoms with Crippen LogP contribution in [0.4, 0.5) is 0 Å². The minimum Gasteiger partial charge on any atom is -0.359 e. The predicted molar refractivity (Wildman–Crippen MR) is 49.9 cm³/mol. The molecule has 0 heterocycles. The summed E-state index contributed by atoms with van der Waals surface area (Å²) in [5.41, 5.74) is 0. The molecule has 70 valence electrons. The summed E-state index contributed by atoms with van der Waals surface area (Å²) in [4.78, 5) is 11.2. The van der Waals surface area contributed by atoms with E-state index in [1.54, 1.807) is 7.05 Å². The van der Waals surface area contributed by atoms with Crippen LogP contribution in [-0.2, 0) is 8.98 Å². The van der Waals surface area contributed by atoms with Gasteiger partial charge in [0.25, 0.3) is 0 Å². The van der Waals surface area contributed by atoms with Crippen LogP contribution in [0.15, 0.2) is 0 Å². The molecule has 1 N–H and O–H groups in total. The van der Waals surface area contributed by atoms with Crippen LogP contribution < -0.4 is 5.32 Å². The zero-order valence-corrected chi connectivity index (χ0v) is 8.14. The lowest BCUT2D eigenvalue weighted by molar-refractivity contribution is -0.125. The van der Waals surface area contributed by atoms with Crippen LogP contribution in [0.1, 0.15) is 25.7 Å². The van der Waals surface area contributed by atoms with Gasteiger partial charge in [0.1, 0.15) is 0 Å². The van der Waals surface area contributed by atoms with E-state index in [-0.39, 0.29) is 17.9 Å². The molecular formula is C8H15NO2S. The first-order valence-electron chi connectivity index (χ1n) is 4.29. The van der Waals surface area contributed by atoms with Gasteiger partial charge in [-0.2, -0.15) is 0 Å². The summed E-state index contributed by atoms with van der Waals surface area (Å²) >= 11 is 3.77. The zero-order valence-electron chi connectivity index (χ0n) is 7.25. The van der Waals surface area contributed by atoms with E-state index in [9.17, 15) is 4.79 Å². The molecule has 0 saturated heterocycles. The highest BCUT2D eigenvalue weighted by Gasteiger charge is 2.25. The molecule has 0 spiro atoms. The Morgan fingerprint density at radius 2 is 2.00 bits per heavy atom. The molecule has 0 aromatic carbocycles. The molecular weight excluding hydrogens is 174 g/mol. The lowest BCUT2D eigenvalue weighted by Crippen LogP contribution is -2.31. The molecule has 0 atom stereocenters. The van der Waals surface area contributed by atoms with Crippen molar-refractivity contribution in [2.24, 2.45) is 5.92 Å². The van der Waals surface area contributed by atoms with Crippen LogP contribution in [-0.4, -0.2) is 19.1 Å². The molecule has 0 bridgehead atoms. The second-order valence-electron chi connectivity index (χ2n) is 3.19. The molecule has 1 saturated carbocycles. The van der Waals surface area contributed by atoms with E-state index < -0.39 is 0 Å². The monoisotopic (exact) mass is 189 g/mol. The SMILES string of the molecule is CNC(=O)[C@H]1CC[C@H](OS)CC1. The van der Waals surface area contributed by atoms with Crippen molar-refractivity contribution in [1.82, 2.24) is 5.32 Å². The molecule has 0 unspecified atom stereocenters. The van der Waals surface area contributed by atoms with Gasteiger partial charge in [0.05, 0.1) is 6.10 Å². The molecule has 1 amide bonds. The molecule has 1 fully saturated rings. The minimum atomic E-state index is 0.160. The van der Waals surface area contributed by atoms with Gasteiger partial charge in [-0.15, -0.1) is 0 Å². The van der Waals surface area contributed by atoms with Crippen molar-refractivity contribution in [1.29, 1.82) is 0 Å². The standard InChI is InChI=1S/C8H15NO2S/c1-9-8(10)6-2-4-7(11-12)5-3-6/h6-7,12H,2-5H2,1H3,(H,9,10)/t6-,7-. The van der Waals surface area contributed by atoms with Gasteiger partial charge in [-0.05, 0) is 38.6 Å². The molecule has 0 aromatic heterocycles. The molecule has 4 heteroatoms. The van der Waals surface area contributed by atoms with E-state index in [0.29, 0.717) is 0 Å². The van der Waals surface area contributed by atoms with Crippen LogP contribution in [0.5, 0.6) is 0 Å². The van der Waals surface area contributed by atoms with Crippen LogP contribution in [0.25, 0.3) is 0 Å². The van der Waals surface area contributed by atoms with Crippen LogP contribution in [0, 0.1) is 5.92 Å². The summed E-state index contributed by atoms with van der Waals surface area (Å²) in [5, 5.41) is 2.67. The molecule has 1 rings (SSSR count). The Kier molecular flexibility index (Phi) is 3.88. The van der Waals surface area contributed by atoms with E-state index >= 15 is 0 Å². The van der Waals surface area contributed by atoms with Crippen LogP contribution in [0.3, 0.4) is 0 Å². The van der Waals surface area contributed by atoms with Crippen LogP contribution in [0.2, 0.25) is 0 Å². The van der Waals surface area contributed by atoms with Crippen molar-refractivity contribution in [3.05, 3.63) is 0 Å². The summed E-state index contributed by atoms with van der Waals surface area (Å²) in [7, 11) is 1.68. The maximum absolute atomic E-state index is 11.2. The first-order valence-corrected chi connectivity index (χ1v) is 4.66. The third-order valence-corrected chi connectivity index (χ3v) is 2.74. The van der Waals surface area contributed by atoms with E-state index in [2.05, 4.69) is 18.2 Å². The molecule has 0 aromatic rings. The Bertz CT molecular complexity index is 155. The number of hydrogen-bond acceptors (Lipinski definition) is 3. The normalized spacial score (nSPS) is 29.8. The summed E-state index contributed by atoms with van der Waals surface area (Å²) in [6, 6.07) is 0. The van der Waals surface area contributed by atoms with Gasteiger partial charge in [-0.1, -0.05) is 0 Å². The highest BCUT2D eigenvalue weighted by atomic mass is 32.1. The average Bonchev–Trinajstić information content (AvgIpc) is 2.17. The molecule has 0 radical (unpaired) electrons. The molecule has 1 aliphatic carbocycles. The Morgan fingerprint density at radius 1 is 1.42 bits per heavy atom. The molecule has 3 nitrogen and oxygen atoms in total. The van der Waals surface area contributed by atoms with Crippen molar-refractivity contribution in [3.63, 3.8) is 0 Å². The Balaban J connectivity index is 2.30. The number of amides is 1. The van der Waals surface area contributed by atoms with Crippen molar-refractivity contribution < 1.29 is 8.98 Å². The third kappa shape index (κ3) is 2.38. The van der Waals surface area contributed by atoms with Gasteiger partial charge in [0.2, 0.25) is 5.91 Å². The topological polar surface area (TPSA) is 38.3 Å². The summed E-state index contributed by atoms with van der Waals surface area (Å²) < 4.78 is 4.92. The maximum Gasteiger partial charge on any atom is 0.222 e. The van der Waals surface area contributed by atoms with Gasteiger partial charge in [-0.25, -0.2) is 0 Å². The zero-order chi connectivity index (χ0) is 8.97. The van der Waals surface area contributed by atoms with Crippen molar-refractivity contribution >= 4 is 18.8 Å². The van der Waals surface area contributed by atoms with Gasteiger partial charge in [0, 0.05) is 13.0 Å². The Labute approximate surface area is 78.5 Å². The van der Waals surface area contributed by atoms with E-state index in [0.717, 1.165) is 25.7 Å². The van der Waals surface area contributed by atoms with E-state index in [1.165, 1.54) is 0 Å². The number of carbonyl (C=O) groups excluding carboxylic acids is 1. The smallest absolute Gasteiger partial charge is 0.222 e. The second kappa shape index (κ2) is 4.72. The van der Waals surface area contributed by atoms with Gasteiger partial charge in [-0.3, -0.25) is 4.79 Å². The molecule has 0 aliphatic heterocycles. The summed E-state index contributed by atoms with van der Waals surface area (Å²) in [6.45, 7) is 0. The quantitative estimate of drug-likeness (QED) is 0.505. The van der Waals surface area contributed by atoms with E-state index in [1.807, 2.05) is 0 Å². The lowest BCUT2D eigenvalue weighted by Gasteiger charge is -2.25. The van der Waals surface area contributed by atoms with Crippen molar-refractivity contribution in [3.8, 4) is 0 Å². The first-order chi connectivity index (χ1) is 5.77. The van der Waals surface area contributed by atoms with Crippen molar-refractivity contribution in [2.75, 3.05) is 7.05 Å². The fourth-order valence-corrected chi connectivity index (χ4v) is 1.85. The number of thiol groups is 1. The summed E-state index contributed by atoms with van der Waals surface area (Å²) in [5.74, 6) is 0.349. The minimum absolute atomic E-state index is 0.160. The Hall–Kier alpha value is -0.220. The second-order valence-corrected chi connectivity index (χ2v) is 3.40. The lowest BCUT2D eigenvalue weighted by atomic mass is 9.87. The first kappa shape index (κ1) is 9.86. The highest BCUT2D eigenvalue weighted by molar-refractivity contribution is 7.75. The Morgan fingerprint density at radius 3 is 2.42 bits per heavy atom. The fourth-order valence-electron chi connectivity index (χ4n) is 1.63. The van der Waals surface area contributed by atoms with Gasteiger partial charge in [0.15, 0.2) is 0 Å². The number of carbonyl (C=O) groups is 1. The number of nitrogens with one attached hydrogen (secondary N) is 1. The van der Waals surface area contributed by atoms with Gasteiger partial charge < -0.3 is 9.50 Å². The molecule has 1 aliphatic rings. The number of rotatable bonds is 2. The van der Waals surface area contributed by atoms with Crippen LogP contribution >= 0.6 is 12.9 Å². The predicted octanol–water partition coefficient (Wildman–Crippen LogP) is 1.15. The van der Waals surface area contributed by atoms with E-state index in [4.69, 9.17) is 4.18 Å². The largest absolute Gasteiger partial charge is 0.359 e. The third-order valence-electron chi connectivity index (χ3n) is 2.44.